The molecule has 0 saturated heterocycles. The van der Waals surface area contributed by atoms with Gasteiger partial charge in [0, 0.05) is 19.5 Å². The molecule has 0 fully saturated rings. The summed E-state index contributed by atoms with van der Waals surface area (Å²) in [7, 11) is 0. The van der Waals surface area contributed by atoms with E-state index in [1.54, 1.807) is 0 Å². The molecule has 0 aliphatic rings. The Labute approximate surface area is 125 Å². The second-order valence-electron chi connectivity index (χ2n) is 3.52. The Balaban J connectivity index is -0.0000000369. The zero-order valence-electron chi connectivity index (χ0n) is 13.0. The van der Waals surface area contributed by atoms with E-state index < -0.39 is 0 Å². The Morgan fingerprint density at radius 3 is 0.882 bits per heavy atom. The normalized spacial score (nSPS) is 6.76. The molecule has 0 unspecified atom stereocenters. The van der Waals surface area contributed by atoms with Crippen LogP contribution in [0.2, 0.25) is 0 Å². The summed E-state index contributed by atoms with van der Waals surface area (Å²) in [6, 6.07) is 0. The van der Waals surface area contributed by atoms with Gasteiger partial charge in [-0.15, -0.1) is 0 Å². The van der Waals surface area contributed by atoms with Gasteiger partial charge in [-0.05, 0) is 0 Å². The third-order valence-electron chi connectivity index (χ3n) is 1.06. The van der Waals surface area contributed by atoms with Crippen LogP contribution in [0.3, 0.4) is 0 Å². The number of hydrogen-bond donors (Lipinski definition) is 0. The van der Waals surface area contributed by atoms with Crippen LogP contribution in [0.4, 0.5) is 0 Å². The van der Waals surface area contributed by atoms with E-state index in [0.717, 1.165) is 24.8 Å². The van der Waals surface area contributed by atoms with Crippen LogP contribution in [0, 0.1) is 27.7 Å². The van der Waals surface area contributed by atoms with Crippen molar-refractivity contribution < 1.29 is 19.5 Å². The van der Waals surface area contributed by atoms with Crippen molar-refractivity contribution in [1.29, 1.82) is 0 Å². The molecule has 0 aliphatic carbocycles. The van der Waals surface area contributed by atoms with E-state index in [1.165, 1.54) is 19.3 Å². The van der Waals surface area contributed by atoms with Crippen molar-refractivity contribution >= 4 is 0 Å². The molecule has 0 spiro atoms. The van der Waals surface area contributed by atoms with Crippen molar-refractivity contribution in [2.45, 2.75) is 66.2 Å². The maximum absolute atomic E-state index is 3.60. The molecule has 0 heterocycles. The Hall–Kier alpha value is 0.233. The first-order valence-electron chi connectivity index (χ1n) is 6.33. The van der Waals surface area contributed by atoms with Crippen molar-refractivity contribution in [2.24, 2.45) is 0 Å². The van der Waals surface area contributed by atoms with Crippen LogP contribution < -0.4 is 0 Å². The van der Waals surface area contributed by atoms with Gasteiger partial charge in [-0.25, -0.2) is 19.1 Å². The van der Waals surface area contributed by atoms with Gasteiger partial charge in [-0.2, -0.15) is 19.3 Å². The molecule has 0 N–H and O–H groups in total. The minimum Gasteiger partial charge on any atom is -0.343 e. The first-order chi connectivity index (χ1) is 7.47. The smallest absolute Gasteiger partial charge is 0 e. The first-order valence-corrected chi connectivity index (χ1v) is 6.33. The molecule has 0 aromatic rings. The number of unbranched alkanes of at least 4 members (excludes halogenated alkanes) is 3. The topological polar surface area (TPSA) is 0 Å². The average Bonchev–Trinajstić information content (AvgIpc) is 2.28. The summed E-state index contributed by atoms with van der Waals surface area (Å²) in [5.41, 5.74) is 0.917. The molecular formula is C16H34Zn-4. The second kappa shape index (κ2) is 44.2. The van der Waals surface area contributed by atoms with Gasteiger partial charge in [0.2, 0.25) is 0 Å². The third-order valence-corrected chi connectivity index (χ3v) is 1.06. The zero-order valence-corrected chi connectivity index (χ0v) is 16.0. The predicted molar refractivity (Wildman–Crippen MR) is 81.0 cm³/mol. The van der Waals surface area contributed by atoms with Crippen LogP contribution in [0.5, 0.6) is 0 Å². The van der Waals surface area contributed by atoms with Gasteiger partial charge in [0.1, 0.15) is 0 Å². The van der Waals surface area contributed by atoms with E-state index in [1.807, 2.05) is 6.92 Å². The summed E-state index contributed by atoms with van der Waals surface area (Å²) in [6.45, 7) is 25.9. The third kappa shape index (κ3) is 315. The Bertz CT molecular complexity index is 68.0. The van der Waals surface area contributed by atoms with Crippen LogP contribution in [-0.4, -0.2) is 0 Å². The Kier molecular flexibility index (Phi) is 78.9. The van der Waals surface area contributed by atoms with Gasteiger partial charge in [0.25, 0.3) is 0 Å². The van der Waals surface area contributed by atoms with Gasteiger partial charge < -0.3 is 20.8 Å². The van der Waals surface area contributed by atoms with Crippen molar-refractivity contribution in [3.63, 3.8) is 0 Å². The van der Waals surface area contributed by atoms with Gasteiger partial charge >= 0.3 is 0 Å². The Morgan fingerprint density at radius 1 is 0.824 bits per heavy atom. The SMILES string of the molecule is C=C([CH2-])C.[CH2-]CCC.[CH2-]CCC.[CH2-]CCC.[Zn]. The van der Waals surface area contributed by atoms with E-state index in [2.05, 4.69) is 55.0 Å². The molecule has 0 rings (SSSR count). The molecule has 0 radical (unpaired) electrons. The summed E-state index contributed by atoms with van der Waals surface area (Å²) in [5, 5.41) is 0. The van der Waals surface area contributed by atoms with E-state index in [-0.39, 0.29) is 19.5 Å². The fraction of sp³-hybridized carbons (Fsp3) is 0.625. The fourth-order valence-corrected chi connectivity index (χ4v) is 0. The molecule has 104 valence electrons. The van der Waals surface area contributed by atoms with E-state index >= 15 is 0 Å². The molecule has 17 heavy (non-hydrogen) atoms. The van der Waals surface area contributed by atoms with Crippen LogP contribution in [0.25, 0.3) is 0 Å². The summed E-state index contributed by atoms with van der Waals surface area (Å²) >= 11 is 0. The Morgan fingerprint density at radius 2 is 0.882 bits per heavy atom. The summed E-state index contributed by atoms with van der Waals surface area (Å²) in [4.78, 5) is 0. The number of allylic oxidation sites excluding steroid dienone is 1. The molecule has 0 aromatic carbocycles. The minimum absolute atomic E-state index is 0. The quantitative estimate of drug-likeness (QED) is 0.425. The zero-order chi connectivity index (χ0) is 13.8. The van der Waals surface area contributed by atoms with Crippen molar-refractivity contribution in [1.82, 2.24) is 0 Å². The molecule has 0 saturated carbocycles. The standard InChI is InChI=1S/C4H7.3C4H9.Zn/c1-4(2)3;3*1-3-4-2;/h1-2H2,3H3;3*1,3-4H2,2H3;/q4*-1;. The molecule has 0 aliphatic heterocycles. The van der Waals surface area contributed by atoms with Crippen molar-refractivity contribution in [2.75, 3.05) is 0 Å². The summed E-state index contributed by atoms with van der Waals surface area (Å²) in [6.07, 6.45) is 6.83. The number of rotatable bonds is 3. The molecule has 0 atom stereocenters. The first kappa shape index (κ1) is 30.3. The van der Waals surface area contributed by atoms with Gasteiger partial charge in [-0.3, -0.25) is 0 Å². The summed E-state index contributed by atoms with van der Waals surface area (Å²) in [5.74, 6) is 0. The average molecular weight is 292 g/mol. The maximum Gasteiger partial charge on any atom is 0 e. The van der Waals surface area contributed by atoms with E-state index in [0.29, 0.717) is 0 Å². The summed E-state index contributed by atoms with van der Waals surface area (Å²) < 4.78 is 0. The predicted octanol–water partition coefficient (Wildman–Crippen LogP) is 6.26. The molecule has 0 amide bonds. The molecule has 0 nitrogen and oxygen atoms in total. The van der Waals surface area contributed by atoms with E-state index in [9.17, 15) is 0 Å². The molecule has 0 bridgehead atoms. The minimum atomic E-state index is 0. The molecule has 1 heteroatoms. The molecular weight excluding hydrogens is 258 g/mol. The number of hydrogen-bond acceptors (Lipinski definition) is 0. The van der Waals surface area contributed by atoms with Crippen LogP contribution >= 0.6 is 0 Å². The molecule has 0 aromatic heterocycles. The van der Waals surface area contributed by atoms with Gasteiger partial charge in [0.05, 0.1) is 0 Å². The fourth-order valence-electron chi connectivity index (χ4n) is 0. The van der Waals surface area contributed by atoms with Crippen LogP contribution in [-0.2, 0) is 19.5 Å². The van der Waals surface area contributed by atoms with Gasteiger partial charge in [-0.1, -0.05) is 47.0 Å². The van der Waals surface area contributed by atoms with Crippen molar-refractivity contribution in [3.8, 4) is 0 Å². The second-order valence-corrected chi connectivity index (χ2v) is 3.52. The van der Waals surface area contributed by atoms with E-state index in [4.69, 9.17) is 0 Å². The monoisotopic (exact) mass is 290 g/mol. The van der Waals surface area contributed by atoms with Gasteiger partial charge in [0.15, 0.2) is 0 Å². The van der Waals surface area contributed by atoms with Crippen molar-refractivity contribution in [3.05, 3.63) is 39.8 Å². The van der Waals surface area contributed by atoms with Crippen LogP contribution in [0.1, 0.15) is 66.2 Å². The van der Waals surface area contributed by atoms with Crippen LogP contribution in [0.15, 0.2) is 12.2 Å². The maximum atomic E-state index is 3.60. The largest absolute Gasteiger partial charge is 0.343 e.